The molecule has 0 aliphatic rings. The summed E-state index contributed by atoms with van der Waals surface area (Å²) in [6.45, 7) is 0. The molecule has 0 amide bonds. The highest BCUT2D eigenvalue weighted by molar-refractivity contribution is 7.58. The molecule has 0 radical (unpaired) electrons. The Bertz CT molecular complexity index is 349. The van der Waals surface area contributed by atoms with E-state index in [9.17, 15) is 14.4 Å². The van der Waals surface area contributed by atoms with Crippen molar-refractivity contribution in [3.63, 3.8) is 0 Å². The van der Waals surface area contributed by atoms with Crippen molar-refractivity contribution in [1.29, 1.82) is 0 Å². The molecule has 0 heterocycles. The van der Waals surface area contributed by atoms with E-state index in [1.807, 2.05) is 0 Å². The van der Waals surface area contributed by atoms with Gasteiger partial charge in [-0.15, -0.1) is 0 Å². The molecule has 0 fully saturated rings. The summed E-state index contributed by atoms with van der Waals surface area (Å²) >= 11 is 0. The van der Waals surface area contributed by atoms with Gasteiger partial charge in [-0.25, -0.2) is 14.4 Å². The number of rotatable bonds is 9. The van der Waals surface area contributed by atoms with E-state index < -0.39 is 25.8 Å². The van der Waals surface area contributed by atoms with Crippen LogP contribution in [0.2, 0.25) is 0 Å². The Morgan fingerprint density at radius 3 is 1.16 bits per heavy atom. The van der Waals surface area contributed by atoms with E-state index in [-0.39, 0.29) is 0 Å². The molecule has 0 aliphatic heterocycles. The Labute approximate surface area is 111 Å². The fourth-order valence-corrected chi connectivity index (χ4v) is 2.79. The minimum Gasteiger partial charge on any atom is -0.478 e. The molecule has 6 nitrogen and oxygen atoms in total. The van der Waals surface area contributed by atoms with Crippen LogP contribution in [-0.2, 0) is 14.4 Å². The third kappa shape index (κ3) is 12.3. The Kier molecular flexibility index (Phi) is 9.00. The molecule has 0 aromatic heterocycles. The monoisotopic (exact) mass is 286 g/mol. The summed E-state index contributed by atoms with van der Waals surface area (Å²) in [4.78, 5) is 31.0. The predicted molar refractivity (Wildman–Crippen MR) is 71.8 cm³/mol. The van der Waals surface area contributed by atoms with Crippen molar-refractivity contribution in [2.24, 2.45) is 0 Å². The molecule has 0 aliphatic carbocycles. The van der Waals surface area contributed by atoms with E-state index in [1.54, 1.807) is 0 Å². The summed E-state index contributed by atoms with van der Waals surface area (Å²) in [6, 6.07) is 0. The molecule has 0 atom stereocenters. The highest BCUT2D eigenvalue weighted by atomic mass is 31.1. The highest BCUT2D eigenvalue weighted by Crippen LogP contribution is 2.35. The zero-order valence-electron chi connectivity index (χ0n) is 10.1. The van der Waals surface area contributed by atoms with Crippen LogP contribution in [0.5, 0.6) is 0 Å². The van der Waals surface area contributed by atoms with Crippen molar-refractivity contribution in [2.45, 2.75) is 0 Å². The first-order valence-corrected chi connectivity index (χ1v) is 7.22. The maximum atomic E-state index is 10.3. The molecule has 0 aromatic carbocycles. The van der Waals surface area contributed by atoms with Gasteiger partial charge in [-0.1, -0.05) is 26.1 Å². The van der Waals surface area contributed by atoms with Gasteiger partial charge in [0.25, 0.3) is 0 Å². The van der Waals surface area contributed by atoms with Gasteiger partial charge in [0.05, 0.1) is 0 Å². The van der Waals surface area contributed by atoms with Crippen LogP contribution < -0.4 is 0 Å². The van der Waals surface area contributed by atoms with Gasteiger partial charge in [-0.3, -0.25) is 0 Å². The Balaban J connectivity index is 4.40. The normalized spacial score (nSPS) is 13.3. The summed E-state index contributed by atoms with van der Waals surface area (Å²) in [5, 5.41) is 25.4. The van der Waals surface area contributed by atoms with Crippen molar-refractivity contribution in [2.75, 3.05) is 18.5 Å². The lowest BCUT2D eigenvalue weighted by molar-refractivity contribution is -0.132. The number of carbonyl (C=O) groups is 3. The van der Waals surface area contributed by atoms with Crippen molar-refractivity contribution < 1.29 is 29.7 Å². The summed E-state index contributed by atoms with van der Waals surface area (Å²) in [6.07, 6.45) is 9.05. The van der Waals surface area contributed by atoms with Crippen LogP contribution in [0.3, 0.4) is 0 Å². The van der Waals surface area contributed by atoms with E-state index in [2.05, 4.69) is 0 Å². The smallest absolute Gasteiger partial charge is 0.327 e. The maximum absolute atomic E-state index is 10.3. The molecular weight excluding hydrogens is 271 g/mol. The average Bonchev–Trinajstić information content (AvgIpc) is 2.26. The first-order valence-electron chi connectivity index (χ1n) is 5.32. The van der Waals surface area contributed by atoms with E-state index in [1.165, 1.54) is 18.2 Å². The topological polar surface area (TPSA) is 112 Å². The van der Waals surface area contributed by atoms with Gasteiger partial charge in [0, 0.05) is 18.2 Å². The predicted octanol–water partition coefficient (Wildman–Crippen LogP) is 1.39. The van der Waals surface area contributed by atoms with E-state index >= 15 is 0 Å². The second kappa shape index (κ2) is 10.0. The van der Waals surface area contributed by atoms with Crippen LogP contribution >= 0.6 is 7.92 Å². The van der Waals surface area contributed by atoms with Gasteiger partial charge < -0.3 is 15.3 Å². The van der Waals surface area contributed by atoms with Gasteiger partial charge in [-0.05, 0) is 18.5 Å². The van der Waals surface area contributed by atoms with Crippen LogP contribution in [0.15, 0.2) is 36.5 Å². The van der Waals surface area contributed by atoms with Gasteiger partial charge in [0.2, 0.25) is 0 Å². The standard InChI is InChI=1S/C12H15O6P/c13-10(14)4-1-7-19(8-2-5-11(15)16)9-3-6-12(17)18/h1-6H,7-9H2,(H,13,14)(H,15,16)(H,17,18). The fraction of sp³-hybridized carbons (Fsp3) is 0.250. The van der Waals surface area contributed by atoms with E-state index in [0.29, 0.717) is 18.5 Å². The lowest BCUT2D eigenvalue weighted by Gasteiger charge is -2.10. The first-order chi connectivity index (χ1) is 8.91. The van der Waals surface area contributed by atoms with E-state index in [4.69, 9.17) is 15.3 Å². The number of carboxylic acids is 3. The van der Waals surface area contributed by atoms with Crippen molar-refractivity contribution in [3.8, 4) is 0 Å². The molecule has 104 valence electrons. The third-order valence-corrected chi connectivity index (χ3v) is 4.05. The van der Waals surface area contributed by atoms with E-state index in [0.717, 1.165) is 18.2 Å². The second-order valence-corrected chi connectivity index (χ2v) is 5.88. The molecule has 0 aromatic rings. The Morgan fingerprint density at radius 1 is 0.684 bits per heavy atom. The molecule has 0 rings (SSSR count). The molecule has 19 heavy (non-hydrogen) atoms. The van der Waals surface area contributed by atoms with Crippen molar-refractivity contribution in [3.05, 3.63) is 36.5 Å². The Hall–Kier alpha value is -1.94. The summed E-state index contributed by atoms with van der Waals surface area (Å²) in [7, 11) is -0.703. The van der Waals surface area contributed by atoms with Gasteiger partial charge in [0.15, 0.2) is 0 Å². The van der Waals surface area contributed by atoms with Crippen LogP contribution in [0.4, 0.5) is 0 Å². The third-order valence-electron chi connectivity index (χ3n) is 1.87. The highest BCUT2D eigenvalue weighted by Gasteiger charge is 2.03. The second-order valence-electron chi connectivity index (χ2n) is 3.44. The number of hydrogen-bond acceptors (Lipinski definition) is 3. The van der Waals surface area contributed by atoms with Gasteiger partial charge in [0.1, 0.15) is 0 Å². The van der Waals surface area contributed by atoms with Crippen LogP contribution in [0.1, 0.15) is 0 Å². The fourth-order valence-electron chi connectivity index (χ4n) is 1.13. The summed E-state index contributed by atoms with van der Waals surface area (Å²) in [5.74, 6) is -3.13. The minimum absolute atomic E-state index is 0.496. The van der Waals surface area contributed by atoms with Crippen molar-refractivity contribution >= 4 is 25.8 Å². The zero-order valence-corrected chi connectivity index (χ0v) is 11.0. The minimum atomic E-state index is -1.04. The van der Waals surface area contributed by atoms with Gasteiger partial charge in [-0.2, -0.15) is 0 Å². The molecule has 0 spiro atoms. The molecule has 0 bridgehead atoms. The van der Waals surface area contributed by atoms with Crippen LogP contribution in [0, 0.1) is 0 Å². The lowest BCUT2D eigenvalue weighted by atomic mass is 10.5. The zero-order chi connectivity index (χ0) is 14.7. The van der Waals surface area contributed by atoms with Gasteiger partial charge >= 0.3 is 17.9 Å². The SMILES string of the molecule is O=C(O)C=CCP(CC=CC(=O)O)CC=CC(=O)O. The Morgan fingerprint density at radius 2 is 0.947 bits per heavy atom. The quantitative estimate of drug-likeness (QED) is 0.436. The molecule has 3 N–H and O–H groups in total. The van der Waals surface area contributed by atoms with Crippen LogP contribution in [-0.4, -0.2) is 51.7 Å². The molecular formula is C12H15O6P. The summed E-state index contributed by atoms with van der Waals surface area (Å²) in [5.41, 5.74) is 0. The van der Waals surface area contributed by atoms with Crippen molar-refractivity contribution in [1.82, 2.24) is 0 Å². The maximum Gasteiger partial charge on any atom is 0.327 e. The number of allylic oxidation sites excluding steroid dienone is 3. The largest absolute Gasteiger partial charge is 0.478 e. The summed E-state index contributed by atoms with van der Waals surface area (Å²) < 4.78 is 0. The average molecular weight is 286 g/mol. The van der Waals surface area contributed by atoms with Crippen LogP contribution in [0.25, 0.3) is 0 Å². The number of hydrogen-bond donors (Lipinski definition) is 3. The first kappa shape index (κ1) is 17.1. The molecule has 7 heteroatoms. The molecule has 0 saturated heterocycles. The number of carboxylic acid groups (broad SMARTS) is 3. The number of aliphatic carboxylic acids is 3. The molecule has 0 unspecified atom stereocenters. The molecule has 0 saturated carbocycles. The lowest BCUT2D eigenvalue weighted by Crippen LogP contribution is -1.94.